The van der Waals surface area contributed by atoms with Crippen LogP contribution < -0.4 is 24.0 Å². The van der Waals surface area contributed by atoms with E-state index in [9.17, 15) is 9.50 Å². The molecule has 0 aromatic heterocycles. The Kier molecular flexibility index (Phi) is 4.98. The second-order valence-electron chi connectivity index (χ2n) is 4.26. The molecule has 0 aliphatic rings. The van der Waals surface area contributed by atoms with Crippen molar-refractivity contribution in [1.82, 2.24) is 0 Å². The molecule has 2 aromatic rings. The fourth-order valence-electron chi connectivity index (χ4n) is 1.71. The maximum atomic E-state index is 12.8. The largest absolute Gasteiger partial charge is 1.00 e. The van der Waals surface area contributed by atoms with E-state index in [0.29, 0.717) is 5.56 Å². The smallest absolute Gasteiger partial charge is 0.837 e. The Morgan fingerprint density at radius 3 is 1.84 bits per heavy atom. The molecule has 2 rings (SSSR count). The summed E-state index contributed by atoms with van der Waals surface area (Å²) in [5, 5.41) is 11.9. The van der Waals surface area contributed by atoms with Crippen molar-refractivity contribution in [3.05, 3.63) is 59.9 Å². The topological polar surface area (TPSA) is 23.1 Å². The molecule has 0 saturated heterocycles. The fourth-order valence-corrected chi connectivity index (χ4v) is 1.71. The van der Waals surface area contributed by atoms with E-state index in [1.807, 2.05) is 12.1 Å². The van der Waals surface area contributed by atoms with E-state index < -0.39 is 5.60 Å². The van der Waals surface area contributed by atoms with E-state index in [1.54, 1.807) is 24.3 Å². The number of benzene rings is 2. The first-order valence-corrected chi connectivity index (χ1v) is 5.57. The summed E-state index contributed by atoms with van der Waals surface area (Å²) in [5.41, 5.74) is 0.861. The second kappa shape index (κ2) is 6.09. The Morgan fingerprint density at radius 1 is 1.00 bits per heavy atom. The maximum absolute atomic E-state index is 12.8. The molecule has 0 spiro atoms. The van der Waals surface area contributed by atoms with Crippen molar-refractivity contribution in [2.24, 2.45) is 0 Å². The normalized spacial score (nSPS) is 12.9. The maximum Gasteiger partial charge on any atom is 1.00 e. The van der Waals surface area contributed by atoms with E-state index >= 15 is 0 Å². The van der Waals surface area contributed by atoms with Crippen molar-refractivity contribution in [2.45, 2.75) is 12.5 Å². The number of halogens is 1. The first-order valence-electron chi connectivity index (χ1n) is 5.57. The van der Waals surface area contributed by atoms with Crippen LogP contribution in [0.2, 0.25) is 0 Å². The summed E-state index contributed by atoms with van der Waals surface area (Å²) in [6.07, 6.45) is 5.20. The van der Waals surface area contributed by atoms with Crippen LogP contribution >= 0.6 is 0 Å². The summed E-state index contributed by atoms with van der Waals surface area (Å²) in [6, 6.07) is 13.3. The van der Waals surface area contributed by atoms with Crippen molar-refractivity contribution in [1.29, 1.82) is 0 Å². The third-order valence-electron chi connectivity index (χ3n) is 2.89. The van der Waals surface area contributed by atoms with Gasteiger partial charge >= 0.3 is 18.9 Å². The Hall–Kier alpha value is -1.51. The van der Waals surface area contributed by atoms with E-state index in [-0.39, 0.29) is 24.7 Å². The van der Waals surface area contributed by atoms with Gasteiger partial charge in [0.1, 0.15) is 5.82 Å². The molecule has 0 N–H and O–H groups in total. The molecular weight excluding hydrogens is 234 g/mol. The van der Waals surface area contributed by atoms with Crippen LogP contribution in [0.25, 0.3) is 11.1 Å². The Bertz CT molecular complexity index is 580. The van der Waals surface area contributed by atoms with Crippen LogP contribution in [-0.2, 0) is 5.60 Å². The van der Waals surface area contributed by atoms with Crippen LogP contribution in [0.5, 0.6) is 0 Å². The molecule has 0 aliphatic carbocycles. The minimum atomic E-state index is -1.51. The molecular formula is C16H12FLiO. The third-order valence-corrected chi connectivity index (χ3v) is 2.89. The van der Waals surface area contributed by atoms with Gasteiger partial charge in [-0.3, -0.25) is 0 Å². The van der Waals surface area contributed by atoms with Crippen LogP contribution in [0.15, 0.2) is 48.5 Å². The molecule has 90 valence electrons. The predicted molar refractivity (Wildman–Crippen MR) is 68.0 cm³/mol. The zero-order valence-corrected chi connectivity index (χ0v) is 11.0. The minimum absolute atomic E-state index is 0. The van der Waals surface area contributed by atoms with Gasteiger partial charge < -0.3 is 5.11 Å². The third kappa shape index (κ3) is 3.49. The molecule has 0 amide bonds. The van der Waals surface area contributed by atoms with E-state index in [0.717, 1.165) is 11.1 Å². The number of terminal acetylenes is 1. The Balaban J connectivity index is 0.00000180. The van der Waals surface area contributed by atoms with Gasteiger partial charge in [-0.15, -0.1) is 12.3 Å². The molecule has 0 fully saturated rings. The van der Waals surface area contributed by atoms with Crippen LogP contribution in [0, 0.1) is 18.2 Å². The average molecular weight is 246 g/mol. The van der Waals surface area contributed by atoms with Crippen LogP contribution in [0.4, 0.5) is 4.39 Å². The van der Waals surface area contributed by atoms with E-state index in [2.05, 4.69) is 5.92 Å². The molecule has 1 atom stereocenters. The van der Waals surface area contributed by atoms with Gasteiger partial charge in [-0.05, 0) is 34.4 Å². The molecule has 3 heteroatoms. The van der Waals surface area contributed by atoms with Gasteiger partial charge in [-0.1, -0.05) is 43.3 Å². The molecule has 0 saturated carbocycles. The molecule has 0 heterocycles. The van der Waals surface area contributed by atoms with Crippen molar-refractivity contribution in [2.75, 3.05) is 0 Å². The van der Waals surface area contributed by atoms with Gasteiger partial charge in [0.15, 0.2) is 0 Å². The number of hydrogen-bond acceptors (Lipinski definition) is 1. The summed E-state index contributed by atoms with van der Waals surface area (Å²) in [7, 11) is 0. The summed E-state index contributed by atoms with van der Waals surface area (Å²) >= 11 is 0. The van der Waals surface area contributed by atoms with Crippen molar-refractivity contribution >= 4 is 0 Å². The summed E-state index contributed by atoms with van der Waals surface area (Å²) in [6.45, 7) is 1.46. The summed E-state index contributed by atoms with van der Waals surface area (Å²) in [5.74, 6) is 1.95. The van der Waals surface area contributed by atoms with Gasteiger partial charge in [0.25, 0.3) is 0 Å². The van der Waals surface area contributed by atoms with Gasteiger partial charge in [0.2, 0.25) is 0 Å². The molecule has 0 radical (unpaired) electrons. The van der Waals surface area contributed by atoms with Crippen LogP contribution in [0.3, 0.4) is 0 Å². The van der Waals surface area contributed by atoms with Crippen LogP contribution in [0.1, 0.15) is 12.5 Å². The monoisotopic (exact) mass is 246 g/mol. The number of hydrogen-bond donors (Lipinski definition) is 0. The van der Waals surface area contributed by atoms with Crippen molar-refractivity contribution in [3.8, 4) is 23.5 Å². The van der Waals surface area contributed by atoms with Gasteiger partial charge in [0.05, 0.1) is 0 Å². The van der Waals surface area contributed by atoms with Crippen molar-refractivity contribution < 1.29 is 28.4 Å². The van der Waals surface area contributed by atoms with Crippen molar-refractivity contribution in [3.63, 3.8) is 0 Å². The molecule has 1 unspecified atom stereocenters. The number of rotatable bonds is 2. The zero-order valence-electron chi connectivity index (χ0n) is 11.0. The Labute approximate surface area is 124 Å². The predicted octanol–water partition coefficient (Wildman–Crippen LogP) is -0.295. The SMILES string of the molecule is C#CC(C)([O-])c1ccc(-c2ccc(F)cc2)cc1.[Li+]. The van der Waals surface area contributed by atoms with E-state index in [1.165, 1.54) is 19.1 Å². The molecule has 0 aliphatic heterocycles. The average Bonchev–Trinajstić information content (AvgIpc) is 2.40. The quantitative estimate of drug-likeness (QED) is 0.527. The van der Waals surface area contributed by atoms with Crippen LogP contribution in [-0.4, -0.2) is 0 Å². The first-order chi connectivity index (χ1) is 8.53. The van der Waals surface area contributed by atoms with E-state index in [4.69, 9.17) is 6.42 Å². The van der Waals surface area contributed by atoms with Gasteiger partial charge in [-0.25, -0.2) is 4.39 Å². The minimum Gasteiger partial charge on any atom is -0.837 e. The summed E-state index contributed by atoms with van der Waals surface area (Å²) < 4.78 is 12.8. The standard InChI is InChI=1S/C16H12FO.Li/c1-3-16(2,18)14-8-4-12(5-9-14)13-6-10-15(17)11-7-13;/h1,4-11H,2H3;/q-1;+1. The molecule has 2 aromatic carbocycles. The first kappa shape index (κ1) is 15.5. The van der Waals surface area contributed by atoms with Gasteiger partial charge in [0, 0.05) is 0 Å². The zero-order chi connectivity index (χ0) is 13.2. The molecule has 19 heavy (non-hydrogen) atoms. The van der Waals surface area contributed by atoms with Gasteiger partial charge in [-0.2, -0.15) is 0 Å². The summed E-state index contributed by atoms with van der Waals surface area (Å²) in [4.78, 5) is 0. The fraction of sp³-hybridized carbons (Fsp3) is 0.125. The molecule has 1 nitrogen and oxygen atoms in total. The Morgan fingerprint density at radius 2 is 1.42 bits per heavy atom. The second-order valence-corrected chi connectivity index (χ2v) is 4.26. The molecule has 0 bridgehead atoms.